The van der Waals surface area contributed by atoms with Crippen molar-refractivity contribution in [2.45, 2.75) is 43.0 Å². The van der Waals surface area contributed by atoms with Gasteiger partial charge in [0.05, 0.1) is 16.3 Å². The van der Waals surface area contributed by atoms with Gasteiger partial charge in [-0.3, -0.25) is 19.4 Å². The number of ether oxygens (including phenoxy) is 1. The number of ketones is 1. The van der Waals surface area contributed by atoms with Gasteiger partial charge in [-0.1, -0.05) is 78.3 Å². The summed E-state index contributed by atoms with van der Waals surface area (Å²) in [6.07, 6.45) is 1.62. The number of para-hydroxylation sites is 1. The Bertz CT molecular complexity index is 3130. The number of hydrogen-bond donors (Lipinski definition) is 2. The topological polar surface area (TPSA) is 135 Å². The van der Waals surface area contributed by atoms with Crippen LogP contribution in [-0.4, -0.2) is 86.9 Å². The summed E-state index contributed by atoms with van der Waals surface area (Å²) in [5.41, 5.74) is 6.77. The fourth-order valence-corrected chi connectivity index (χ4v) is 11.3. The molecule has 1 aromatic heterocycles. The molecular formula is C50H45ClN6O6S. The second-order valence-electron chi connectivity index (χ2n) is 16.8. The van der Waals surface area contributed by atoms with Gasteiger partial charge in [0.1, 0.15) is 6.61 Å². The van der Waals surface area contributed by atoms with E-state index >= 15 is 13.2 Å². The van der Waals surface area contributed by atoms with E-state index in [9.17, 15) is 9.59 Å². The molecule has 2 N–H and O–H groups in total. The van der Waals surface area contributed by atoms with E-state index < -0.39 is 28.2 Å². The van der Waals surface area contributed by atoms with Crippen LogP contribution in [0.4, 0.5) is 21.9 Å². The third kappa shape index (κ3) is 7.37. The van der Waals surface area contributed by atoms with Crippen molar-refractivity contribution in [3.8, 4) is 11.1 Å². The molecule has 1 atom stereocenters. The quantitative estimate of drug-likeness (QED) is 0.131. The molecule has 1 aliphatic carbocycles. The summed E-state index contributed by atoms with van der Waals surface area (Å²) in [5, 5.41) is 5.68. The van der Waals surface area contributed by atoms with Crippen LogP contribution in [0, 0.1) is 0 Å². The summed E-state index contributed by atoms with van der Waals surface area (Å²) >= 11 is 6.55. The van der Waals surface area contributed by atoms with Crippen molar-refractivity contribution in [1.29, 1.82) is 0 Å². The number of anilines is 3. The van der Waals surface area contributed by atoms with Gasteiger partial charge in [0.2, 0.25) is 0 Å². The predicted octanol–water partition coefficient (Wildman–Crippen LogP) is 9.07. The Morgan fingerprint density at radius 2 is 1.61 bits per heavy atom. The summed E-state index contributed by atoms with van der Waals surface area (Å²) in [6.45, 7) is 1.46. The van der Waals surface area contributed by atoms with Crippen LogP contribution in [0.15, 0.2) is 132 Å². The van der Waals surface area contributed by atoms with E-state index in [0.717, 1.165) is 45.4 Å². The molecule has 0 bridgehead atoms. The molecule has 0 radical (unpaired) electrons. The second kappa shape index (κ2) is 16.6. The number of fused-ring (bicyclic) bond motifs is 6. The molecule has 0 spiro atoms. The highest BCUT2D eigenvalue weighted by Gasteiger charge is 2.44. The standard InChI is InChI=1S/C50H45ClN6O6S/c1-54(2)23-20-32-29-52-45-19-15-36(28-42(32)45)57(64(61,62)37-16-18-38-31(26-37)9-7-12-44(38)51)49(48(59)53-34-14-17-40-39-10-4-5-11-41(39)47(58)43(40)27-34)55-24-21-35(22-25-55)56-46-13-6-3-8-33(46)30-63-50(56)60/h3-19,26-29,35,49,52H,20-25,30H2,1-2H3,(H,53,59). The maximum absolute atomic E-state index is 15.6. The molecule has 2 aliphatic heterocycles. The molecule has 10 rings (SSSR count). The number of rotatable bonds is 11. The van der Waals surface area contributed by atoms with E-state index in [4.69, 9.17) is 16.3 Å². The normalized spacial score (nSPS) is 15.8. The molecule has 3 heterocycles. The minimum absolute atomic E-state index is 0.0227. The smallest absolute Gasteiger partial charge is 0.414 e. The third-order valence-corrected chi connectivity index (χ3v) is 14.8. The number of likely N-dealkylation sites (N-methyl/N-ethyl adjacent to an activating group) is 1. The number of nitrogens with zero attached hydrogens (tertiary/aromatic N) is 4. The Morgan fingerprint density at radius 3 is 2.42 bits per heavy atom. The first kappa shape index (κ1) is 41.5. The Morgan fingerprint density at radius 1 is 0.844 bits per heavy atom. The molecule has 1 fully saturated rings. The van der Waals surface area contributed by atoms with Crippen molar-refractivity contribution in [2.24, 2.45) is 0 Å². The molecule has 2 amide bonds. The molecule has 7 aromatic rings. The number of carbonyl (C=O) groups is 3. The Hall–Kier alpha value is -6.51. The number of nitrogens with one attached hydrogen (secondary N) is 2. The predicted molar refractivity (Wildman–Crippen MR) is 251 cm³/mol. The minimum atomic E-state index is -4.54. The first-order valence-corrected chi connectivity index (χ1v) is 23.1. The molecule has 324 valence electrons. The number of halogens is 1. The van der Waals surface area contributed by atoms with Gasteiger partial charge in [0, 0.05) is 75.6 Å². The average Bonchev–Trinajstić information content (AvgIpc) is 3.84. The first-order valence-electron chi connectivity index (χ1n) is 21.3. The van der Waals surface area contributed by atoms with Crippen LogP contribution in [0.5, 0.6) is 0 Å². The summed E-state index contributed by atoms with van der Waals surface area (Å²) in [7, 11) is -0.540. The van der Waals surface area contributed by atoms with E-state index in [1.165, 1.54) is 10.4 Å². The molecule has 1 saturated heterocycles. The number of sulfonamides is 1. The van der Waals surface area contributed by atoms with Gasteiger partial charge >= 0.3 is 6.09 Å². The molecule has 6 aromatic carbocycles. The van der Waals surface area contributed by atoms with Crippen LogP contribution in [0.2, 0.25) is 5.02 Å². The average molecular weight is 893 g/mol. The van der Waals surface area contributed by atoms with Gasteiger partial charge in [-0.2, -0.15) is 0 Å². The lowest BCUT2D eigenvalue weighted by Gasteiger charge is -2.44. The number of aromatic amines is 1. The van der Waals surface area contributed by atoms with Crippen molar-refractivity contribution in [1.82, 2.24) is 14.8 Å². The molecular weight excluding hydrogens is 848 g/mol. The summed E-state index contributed by atoms with van der Waals surface area (Å²) < 4.78 is 38.1. The Labute approximate surface area is 376 Å². The zero-order valence-electron chi connectivity index (χ0n) is 35.3. The molecule has 64 heavy (non-hydrogen) atoms. The third-order valence-electron chi connectivity index (χ3n) is 12.6. The van der Waals surface area contributed by atoms with Crippen LogP contribution < -0.4 is 14.5 Å². The van der Waals surface area contributed by atoms with Crippen LogP contribution >= 0.6 is 11.6 Å². The SMILES string of the molecule is CN(C)CCc1c[nH]c2ccc(N(C(C(=O)Nc3ccc4c(c3)C(=O)c3ccccc3-4)N3CCC(N4C(=O)OCc5ccccc54)CC3)S(=O)(=O)c3ccc4c(Cl)cccc4c3)cc12. The number of aromatic nitrogens is 1. The van der Waals surface area contributed by atoms with Gasteiger partial charge in [0.15, 0.2) is 11.9 Å². The number of carbonyl (C=O) groups excluding carboxylic acids is 3. The van der Waals surface area contributed by atoms with Gasteiger partial charge in [-0.15, -0.1) is 0 Å². The van der Waals surface area contributed by atoms with E-state index in [-0.39, 0.29) is 36.4 Å². The minimum Gasteiger partial charge on any atom is -0.444 e. The number of H-pyrrole nitrogens is 1. The van der Waals surface area contributed by atoms with Crippen LogP contribution in [0.3, 0.4) is 0 Å². The second-order valence-corrected chi connectivity index (χ2v) is 19.1. The van der Waals surface area contributed by atoms with Crippen molar-refractivity contribution >= 4 is 78.1 Å². The van der Waals surface area contributed by atoms with Crippen LogP contribution in [-0.2, 0) is 32.6 Å². The fourth-order valence-electron chi connectivity index (χ4n) is 9.40. The van der Waals surface area contributed by atoms with Crippen molar-refractivity contribution in [3.05, 3.63) is 155 Å². The lowest BCUT2D eigenvalue weighted by Crippen LogP contribution is -2.60. The van der Waals surface area contributed by atoms with Gasteiger partial charge in [0.25, 0.3) is 15.9 Å². The highest BCUT2D eigenvalue weighted by Crippen LogP contribution is 2.40. The summed E-state index contributed by atoms with van der Waals surface area (Å²) in [4.78, 5) is 51.3. The van der Waals surface area contributed by atoms with Crippen molar-refractivity contribution < 1.29 is 27.5 Å². The van der Waals surface area contributed by atoms with Crippen molar-refractivity contribution in [3.63, 3.8) is 0 Å². The number of likely N-dealkylation sites (tertiary alicyclic amines) is 1. The van der Waals surface area contributed by atoms with E-state index in [2.05, 4.69) is 15.2 Å². The van der Waals surface area contributed by atoms with Crippen LogP contribution in [0.1, 0.15) is 39.9 Å². The number of cyclic esters (lactones) is 1. The Kier molecular flexibility index (Phi) is 10.7. The largest absolute Gasteiger partial charge is 0.444 e. The number of benzene rings is 6. The lowest BCUT2D eigenvalue weighted by molar-refractivity contribution is -0.121. The molecule has 14 heteroatoms. The van der Waals surface area contributed by atoms with E-state index in [1.54, 1.807) is 59.5 Å². The lowest BCUT2D eigenvalue weighted by atomic mass is 10.00. The number of amides is 2. The highest BCUT2D eigenvalue weighted by molar-refractivity contribution is 7.93. The molecule has 0 saturated carbocycles. The van der Waals surface area contributed by atoms with E-state index in [1.807, 2.05) is 85.9 Å². The highest BCUT2D eigenvalue weighted by atomic mass is 35.5. The molecule has 3 aliphatic rings. The maximum Gasteiger partial charge on any atom is 0.414 e. The van der Waals surface area contributed by atoms with E-state index in [0.29, 0.717) is 57.6 Å². The molecule has 12 nitrogen and oxygen atoms in total. The fraction of sp³-hybridized carbons (Fsp3) is 0.220. The van der Waals surface area contributed by atoms with Gasteiger partial charge in [-0.05, 0) is 110 Å². The Balaban J connectivity index is 1.09. The maximum atomic E-state index is 15.6. The molecule has 1 unspecified atom stereocenters. The number of hydrogen-bond acceptors (Lipinski definition) is 8. The first-order chi connectivity index (χ1) is 31.0. The van der Waals surface area contributed by atoms with Crippen LogP contribution in [0.25, 0.3) is 32.8 Å². The summed E-state index contributed by atoms with van der Waals surface area (Å²) in [6, 6.07) is 35.5. The summed E-state index contributed by atoms with van der Waals surface area (Å²) in [5.74, 6) is -0.762. The van der Waals surface area contributed by atoms with Crippen molar-refractivity contribution in [2.75, 3.05) is 48.3 Å². The zero-order valence-corrected chi connectivity index (χ0v) is 36.8. The van der Waals surface area contributed by atoms with Gasteiger partial charge < -0.3 is 19.9 Å². The number of piperidine rings is 1. The monoisotopic (exact) mass is 892 g/mol. The van der Waals surface area contributed by atoms with Gasteiger partial charge in [-0.25, -0.2) is 17.5 Å². The zero-order chi connectivity index (χ0) is 44.3.